The predicted octanol–water partition coefficient (Wildman–Crippen LogP) is 4.71. The Kier molecular flexibility index (Phi) is 8.44. The van der Waals surface area contributed by atoms with Gasteiger partial charge in [0.05, 0.1) is 12.7 Å². The van der Waals surface area contributed by atoms with Gasteiger partial charge >= 0.3 is 0 Å². The summed E-state index contributed by atoms with van der Waals surface area (Å²) in [5.74, 6) is 0.0603. The summed E-state index contributed by atoms with van der Waals surface area (Å²) < 4.78 is 0. The standard InChI is InChI=1S/C20H32O2/c1-15(2)19-12-11-17(4)8-5-7-16(3)9-6-10-18(14-21)13-20(19)22/h8-9,13,19-22H,1,5-7,10-12,14H2,2-4H3. The molecule has 0 spiro atoms. The molecule has 0 saturated carbocycles. The fraction of sp³-hybridized carbons (Fsp3) is 0.600. The zero-order valence-corrected chi connectivity index (χ0v) is 14.4. The Bertz CT molecular complexity index is 454. The first kappa shape index (κ1) is 18.9. The van der Waals surface area contributed by atoms with Gasteiger partial charge < -0.3 is 10.2 Å². The summed E-state index contributed by atoms with van der Waals surface area (Å²) >= 11 is 0. The summed E-state index contributed by atoms with van der Waals surface area (Å²) in [6, 6.07) is 0. The van der Waals surface area contributed by atoms with Gasteiger partial charge in [-0.3, -0.25) is 0 Å². The maximum atomic E-state index is 10.5. The van der Waals surface area contributed by atoms with Crippen LogP contribution in [0.5, 0.6) is 0 Å². The number of hydrogen-bond donors (Lipinski definition) is 2. The Morgan fingerprint density at radius 2 is 1.73 bits per heavy atom. The molecular formula is C20H32O2. The van der Waals surface area contributed by atoms with Crippen LogP contribution in [0.25, 0.3) is 0 Å². The fourth-order valence-electron chi connectivity index (χ4n) is 2.92. The van der Waals surface area contributed by atoms with E-state index in [1.54, 1.807) is 0 Å². The number of aliphatic hydroxyl groups is 2. The maximum Gasteiger partial charge on any atom is 0.0789 e. The molecule has 0 fully saturated rings. The summed E-state index contributed by atoms with van der Waals surface area (Å²) in [4.78, 5) is 0. The average Bonchev–Trinajstić information content (AvgIpc) is 2.45. The molecule has 1 rings (SSSR count). The highest BCUT2D eigenvalue weighted by molar-refractivity contribution is 5.14. The molecule has 0 aromatic rings. The molecule has 0 aliphatic heterocycles. The highest BCUT2D eigenvalue weighted by atomic mass is 16.3. The monoisotopic (exact) mass is 304 g/mol. The first-order valence-electron chi connectivity index (χ1n) is 8.39. The van der Waals surface area contributed by atoms with Gasteiger partial charge in [0.15, 0.2) is 0 Å². The first-order chi connectivity index (χ1) is 10.4. The van der Waals surface area contributed by atoms with E-state index in [2.05, 4.69) is 32.6 Å². The Labute approximate surface area is 135 Å². The van der Waals surface area contributed by atoms with Crippen LogP contribution in [0.2, 0.25) is 0 Å². The molecule has 124 valence electrons. The number of aliphatic hydroxyl groups excluding tert-OH is 2. The van der Waals surface area contributed by atoms with Crippen LogP contribution in [0.1, 0.15) is 59.3 Å². The summed E-state index contributed by atoms with van der Waals surface area (Å²) in [6.07, 6.45) is 11.7. The molecule has 1 aliphatic carbocycles. The Hall–Kier alpha value is -1.12. The van der Waals surface area contributed by atoms with Crippen LogP contribution in [0.3, 0.4) is 0 Å². The Morgan fingerprint density at radius 3 is 2.32 bits per heavy atom. The molecule has 0 radical (unpaired) electrons. The first-order valence-corrected chi connectivity index (χ1v) is 8.39. The molecule has 0 amide bonds. The zero-order valence-electron chi connectivity index (χ0n) is 14.4. The van der Waals surface area contributed by atoms with Gasteiger partial charge in [0, 0.05) is 5.92 Å². The third-order valence-electron chi connectivity index (χ3n) is 4.49. The minimum Gasteiger partial charge on any atom is -0.392 e. The van der Waals surface area contributed by atoms with Gasteiger partial charge in [0.2, 0.25) is 0 Å². The van der Waals surface area contributed by atoms with E-state index in [9.17, 15) is 10.2 Å². The smallest absolute Gasteiger partial charge is 0.0789 e. The van der Waals surface area contributed by atoms with Gasteiger partial charge in [0.1, 0.15) is 0 Å². The molecular weight excluding hydrogens is 272 g/mol. The maximum absolute atomic E-state index is 10.5. The Morgan fingerprint density at radius 1 is 1.14 bits per heavy atom. The predicted molar refractivity (Wildman–Crippen MR) is 94.7 cm³/mol. The van der Waals surface area contributed by atoms with E-state index in [1.807, 2.05) is 13.0 Å². The van der Waals surface area contributed by atoms with Crippen LogP contribution in [-0.2, 0) is 0 Å². The largest absolute Gasteiger partial charge is 0.392 e. The van der Waals surface area contributed by atoms with Crippen molar-refractivity contribution in [3.05, 3.63) is 47.1 Å². The molecule has 2 unspecified atom stereocenters. The second kappa shape index (κ2) is 9.81. The second-order valence-electron chi connectivity index (χ2n) is 6.64. The van der Waals surface area contributed by atoms with E-state index < -0.39 is 6.10 Å². The molecule has 2 heteroatoms. The lowest BCUT2D eigenvalue weighted by Crippen LogP contribution is -2.20. The van der Waals surface area contributed by atoms with E-state index in [-0.39, 0.29) is 12.5 Å². The topological polar surface area (TPSA) is 40.5 Å². The van der Waals surface area contributed by atoms with Gasteiger partial charge in [-0.1, -0.05) is 41.5 Å². The van der Waals surface area contributed by atoms with Crippen molar-refractivity contribution in [3.63, 3.8) is 0 Å². The molecule has 0 aromatic carbocycles. The zero-order chi connectivity index (χ0) is 16.5. The van der Waals surface area contributed by atoms with Gasteiger partial charge in [0.25, 0.3) is 0 Å². The van der Waals surface area contributed by atoms with E-state index >= 15 is 0 Å². The van der Waals surface area contributed by atoms with Crippen LogP contribution in [0, 0.1) is 5.92 Å². The normalized spacial score (nSPS) is 25.6. The molecule has 2 nitrogen and oxygen atoms in total. The van der Waals surface area contributed by atoms with Crippen molar-refractivity contribution in [2.24, 2.45) is 5.92 Å². The molecule has 2 N–H and O–H groups in total. The lowest BCUT2D eigenvalue weighted by atomic mass is 9.87. The van der Waals surface area contributed by atoms with Crippen molar-refractivity contribution < 1.29 is 10.2 Å². The van der Waals surface area contributed by atoms with Crippen molar-refractivity contribution in [3.8, 4) is 0 Å². The SMILES string of the molecule is C=C(C)C1CCC(C)=CCCC(C)=CCCC(CO)=CC1O. The summed E-state index contributed by atoms with van der Waals surface area (Å²) in [5.41, 5.74) is 4.72. The quantitative estimate of drug-likeness (QED) is 0.726. The van der Waals surface area contributed by atoms with Crippen molar-refractivity contribution >= 4 is 0 Å². The van der Waals surface area contributed by atoms with Crippen LogP contribution in [-0.4, -0.2) is 22.9 Å². The minimum atomic E-state index is -0.555. The van der Waals surface area contributed by atoms with Crippen LogP contribution in [0.15, 0.2) is 47.1 Å². The van der Waals surface area contributed by atoms with Gasteiger partial charge in [-0.15, -0.1) is 0 Å². The Balaban J connectivity index is 2.96. The summed E-state index contributed by atoms with van der Waals surface area (Å²) in [6.45, 7) is 10.4. The highest BCUT2D eigenvalue weighted by Gasteiger charge is 2.18. The van der Waals surface area contributed by atoms with Crippen LogP contribution >= 0.6 is 0 Å². The van der Waals surface area contributed by atoms with Crippen LogP contribution in [0.4, 0.5) is 0 Å². The van der Waals surface area contributed by atoms with E-state index in [4.69, 9.17) is 0 Å². The lowest BCUT2D eigenvalue weighted by molar-refractivity contribution is 0.163. The third kappa shape index (κ3) is 6.76. The van der Waals surface area contributed by atoms with Crippen LogP contribution < -0.4 is 0 Å². The van der Waals surface area contributed by atoms with Gasteiger partial charge in [-0.2, -0.15) is 0 Å². The van der Waals surface area contributed by atoms with Crippen molar-refractivity contribution in [1.82, 2.24) is 0 Å². The lowest BCUT2D eigenvalue weighted by Gasteiger charge is -2.22. The van der Waals surface area contributed by atoms with Crippen molar-refractivity contribution in [1.29, 1.82) is 0 Å². The summed E-state index contributed by atoms with van der Waals surface area (Å²) in [7, 11) is 0. The number of rotatable bonds is 2. The number of allylic oxidation sites excluding steroid dienone is 4. The van der Waals surface area contributed by atoms with Crippen molar-refractivity contribution in [2.75, 3.05) is 6.61 Å². The molecule has 0 heterocycles. The van der Waals surface area contributed by atoms with Gasteiger partial charge in [-0.05, 0) is 64.9 Å². The summed E-state index contributed by atoms with van der Waals surface area (Å²) in [5, 5.41) is 20.0. The molecule has 2 atom stereocenters. The van der Waals surface area contributed by atoms with E-state index in [1.165, 1.54) is 11.1 Å². The molecule has 1 aliphatic rings. The minimum absolute atomic E-state index is 0.0196. The van der Waals surface area contributed by atoms with Crippen molar-refractivity contribution in [2.45, 2.75) is 65.4 Å². The van der Waals surface area contributed by atoms with E-state index in [0.29, 0.717) is 0 Å². The fourth-order valence-corrected chi connectivity index (χ4v) is 2.92. The third-order valence-corrected chi connectivity index (χ3v) is 4.49. The highest BCUT2D eigenvalue weighted by Crippen LogP contribution is 2.25. The molecule has 22 heavy (non-hydrogen) atoms. The molecule has 0 saturated heterocycles. The molecule has 0 bridgehead atoms. The van der Waals surface area contributed by atoms with E-state index in [0.717, 1.165) is 49.7 Å². The average molecular weight is 304 g/mol. The second-order valence-corrected chi connectivity index (χ2v) is 6.64. The number of hydrogen-bond acceptors (Lipinski definition) is 2. The molecule has 0 aromatic heterocycles. The van der Waals surface area contributed by atoms with Gasteiger partial charge in [-0.25, -0.2) is 0 Å².